The molecule has 0 aliphatic heterocycles. The average Bonchev–Trinajstić information content (AvgIpc) is 2.18. The third kappa shape index (κ3) is 4.37. The van der Waals surface area contributed by atoms with Crippen molar-refractivity contribution < 1.29 is 4.74 Å². The Morgan fingerprint density at radius 1 is 1.47 bits per heavy atom. The fraction of sp³-hybridized carbons (Fsp3) is 0.417. The predicted octanol–water partition coefficient (Wildman–Crippen LogP) is 3.00. The number of nitriles is 1. The summed E-state index contributed by atoms with van der Waals surface area (Å²) < 4.78 is 5.55. The normalized spacial score (nSPS) is 9.73. The summed E-state index contributed by atoms with van der Waals surface area (Å²) in [6.45, 7) is 5.04. The molecule has 3 nitrogen and oxygen atoms in total. The summed E-state index contributed by atoms with van der Waals surface area (Å²) in [5.41, 5.74) is 0.763. The van der Waals surface area contributed by atoms with Gasteiger partial charge in [0.05, 0.1) is 12.3 Å². The van der Waals surface area contributed by atoms with Crippen molar-refractivity contribution >= 4 is 5.69 Å². The minimum atomic E-state index is 0.644. The van der Waals surface area contributed by atoms with Gasteiger partial charge in [-0.05, 0) is 24.5 Å². The first-order valence-corrected chi connectivity index (χ1v) is 5.10. The van der Waals surface area contributed by atoms with E-state index in [4.69, 9.17) is 10.00 Å². The summed E-state index contributed by atoms with van der Waals surface area (Å²) in [6.07, 6.45) is 2.92. The molecule has 0 aliphatic rings. The van der Waals surface area contributed by atoms with Crippen molar-refractivity contribution in [1.29, 1.82) is 5.26 Å². The van der Waals surface area contributed by atoms with E-state index in [2.05, 4.69) is 19.2 Å². The maximum Gasteiger partial charge on any atom is 0.181 e. The van der Waals surface area contributed by atoms with Crippen LogP contribution < -0.4 is 10.1 Å². The molecule has 3 heteroatoms. The van der Waals surface area contributed by atoms with Crippen LogP contribution in [-0.2, 0) is 0 Å². The summed E-state index contributed by atoms with van der Waals surface area (Å²) in [7, 11) is 0. The molecule has 1 aromatic rings. The molecule has 0 saturated carbocycles. The van der Waals surface area contributed by atoms with Crippen LogP contribution in [0.15, 0.2) is 24.3 Å². The lowest BCUT2D eigenvalue weighted by Crippen LogP contribution is -2.01. The van der Waals surface area contributed by atoms with Crippen molar-refractivity contribution in [2.75, 3.05) is 11.9 Å². The molecule has 1 rings (SSSR count). The Morgan fingerprint density at radius 2 is 2.27 bits per heavy atom. The SMILES string of the molecule is CC(C)CCOc1cccc(NC#N)c1. The van der Waals surface area contributed by atoms with Gasteiger partial charge in [0, 0.05) is 6.07 Å². The van der Waals surface area contributed by atoms with E-state index in [-0.39, 0.29) is 0 Å². The molecular weight excluding hydrogens is 188 g/mol. The Morgan fingerprint density at radius 3 is 2.93 bits per heavy atom. The van der Waals surface area contributed by atoms with Gasteiger partial charge in [-0.15, -0.1) is 0 Å². The van der Waals surface area contributed by atoms with Crippen LogP contribution in [0.25, 0.3) is 0 Å². The Bertz CT molecular complexity index is 342. The van der Waals surface area contributed by atoms with Gasteiger partial charge < -0.3 is 4.74 Å². The summed E-state index contributed by atoms with van der Waals surface area (Å²) >= 11 is 0. The molecule has 1 aromatic carbocycles. The summed E-state index contributed by atoms with van der Waals surface area (Å²) in [6, 6.07) is 7.41. The standard InChI is InChI=1S/C12H16N2O/c1-10(2)6-7-15-12-5-3-4-11(8-12)14-9-13/h3-5,8,10,14H,6-7H2,1-2H3. The maximum absolute atomic E-state index is 8.46. The highest BCUT2D eigenvalue weighted by Gasteiger charge is 1.97. The number of hydrogen-bond donors (Lipinski definition) is 1. The van der Waals surface area contributed by atoms with E-state index < -0.39 is 0 Å². The van der Waals surface area contributed by atoms with Crippen molar-refractivity contribution in [3.8, 4) is 11.9 Å². The van der Waals surface area contributed by atoms with Crippen LogP contribution in [0.5, 0.6) is 5.75 Å². The first kappa shape index (κ1) is 11.4. The number of anilines is 1. The second-order valence-corrected chi connectivity index (χ2v) is 3.80. The molecule has 0 saturated heterocycles. The summed E-state index contributed by atoms with van der Waals surface area (Å²) in [4.78, 5) is 0. The van der Waals surface area contributed by atoms with E-state index in [1.165, 1.54) is 0 Å². The molecule has 0 aliphatic carbocycles. The first-order valence-electron chi connectivity index (χ1n) is 5.10. The highest BCUT2D eigenvalue weighted by Crippen LogP contribution is 2.17. The van der Waals surface area contributed by atoms with Crippen LogP contribution in [0.1, 0.15) is 20.3 Å². The van der Waals surface area contributed by atoms with Crippen molar-refractivity contribution in [2.45, 2.75) is 20.3 Å². The smallest absolute Gasteiger partial charge is 0.181 e. The molecule has 1 N–H and O–H groups in total. The van der Waals surface area contributed by atoms with Crippen molar-refractivity contribution in [3.05, 3.63) is 24.3 Å². The molecule has 0 radical (unpaired) electrons. The number of nitrogens with one attached hydrogen (secondary N) is 1. The lowest BCUT2D eigenvalue weighted by Gasteiger charge is -2.08. The molecule has 0 atom stereocenters. The minimum Gasteiger partial charge on any atom is -0.494 e. The Kier molecular flexibility index (Phi) is 4.49. The van der Waals surface area contributed by atoms with Crippen molar-refractivity contribution in [2.24, 2.45) is 5.92 Å². The third-order valence-electron chi connectivity index (χ3n) is 2.00. The molecule has 0 unspecified atom stereocenters. The third-order valence-corrected chi connectivity index (χ3v) is 2.00. The molecule has 0 amide bonds. The van der Waals surface area contributed by atoms with Gasteiger partial charge >= 0.3 is 0 Å². The zero-order chi connectivity index (χ0) is 11.1. The fourth-order valence-corrected chi connectivity index (χ4v) is 1.14. The molecule has 0 fully saturated rings. The topological polar surface area (TPSA) is 45.0 Å². The van der Waals surface area contributed by atoms with E-state index >= 15 is 0 Å². The summed E-state index contributed by atoms with van der Waals surface area (Å²) in [5, 5.41) is 11.0. The van der Waals surface area contributed by atoms with Gasteiger partial charge in [-0.25, -0.2) is 0 Å². The lowest BCUT2D eigenvalue weighted by atomic mass is 10.1. The van der Waals surface area contributed by atoms with Gasteiger partial charge in [0.2, 0.25) is 0 Å². The quantitative estimate of drug-likeness (QED) is 0.592. The monoisotopic (exact) mass is 204 g/mol. The highest BCUT2D eigenvalue weighted by molar-refractivity contribution is 5.50. The Balaban J connectivity index is 2.47. The lowest BCUT2D eigenvalue weighted by molar-refractivity contribution is 0.289. The van der Waals surface area contributed by atoms with Gasteiger partial charge in [-0.2, -0.15) is 5.26 Å². The maximum atomic E-state index is 8.46. The fourth-order valence-electron chi connectivity index (χ4n) is 1.14. The molecule has 0 bridgehead atoms. The van der Waals surface area contributed by atoms with Crippen LogP contribution in [0, 0.1) is 17.4 Å². The van der Waals surface area contributed by atoms with Crippen LogP contribution in [-0.4, -0.2) is 6.61 Å². The van der Waals surface area contributed by atoms with Crippen LogP contribution in [0.2, 0.25) is 0 Å². The number of ether oxygens (including phenoxy) is 1. The van der Waals surface area contributed by atoms with Crippen LogP contribution in [0.3, 0.4) is 0 Å². The van der Waals surface area contributed by atoms with Gasteiger partial charge in [0.25, 0.3) is 0 Å². The van der Waals surface area contributed by atoms with Crippen molar-refractivity contribution in [3.63, 3.8) is 0 Å². The predicted molar refractivity (Wildman–Crippen MR) is 60.6 cm³/mol. The second kappa shape index (κ2) is 5.92. The number of rotatable bonds is 5. The van der Waals surface area contributed by atoms with E-state index in [9.17, 15) is 0 Å². The zero-order valence-electron chi connectivity index (χ0n) is 9.16. The van der Waals surface area contributed by atoms with Gasteiger partial charge in [0.1, 0.15) is 5.75 Å². The molecule has 0 aromatic heterocycles. The molecule has 0 heterocycles. The molecule has 0 spiro atoms. The highest BCUT2D eigenvalue weighted by atomic mass is 16.5. The van der Waals surface area contributed by atoms with E-state index in [1.807, 2.05) is 30.5 Å². The van der Waals surface area contributed by atoms with E-state index in [0.717, 1.165) is 17.9 Å². The van der Waals surface area contributed by atoms with Crippen molar-refractivity contribution in [1.82, 2.24) is 0 Å². The molecule has 80 valence electrons. The van der Waals surface area contributed by atoms with Gasteiger partial charge in [-0.1, -0.05) is 19.9 Å². The largest absolute Gasteiger partial charge is 0.494 e. The first-order chi connectivity index (χ1) is 7.22. The minimum absolute atomic E-state index is 0.644. The van der Waals surface area contributed by atoms with Crippen LogP contribution in [0.4, 0.5) is 5.69 Å². The zero-order valence-corrected chi connectivity index (χ0v) is 9.16. The second-order valence-electron chi connectivity index (χ2n) is 3.80. The number of nitrogens with zero attached hydrogens (tertiary/aromatic N) is 1. The van der Waals surface area contributed by atoms with E-state index in [1.54, 1.807) is 0 Å². The van der Waals surface area contributed by atoms with Gasteiger partial charge in [-0.3, -0.25) is 5.32 Å². The Hall–Kier alpha value is -1.69. The molecular formula is C12H16N2O. The summed E-state index contributed by atoms with van der Waals surface area (Å²) in [5.74, 6) is 1.45. The number of hydrogen-bond acceptors (Lipinski definition) is 3. The number of benzene rings is 1. The molecule has 15 heavy (non-hydrogen) atoms. The van der Waals surface area contributed by atoms with Crippen LogP contribution >= 0.6 is 0 Å². The van der Waals surface area contributed by atoms with E-state index in [0.29, 0.717) is 12.5 Å². The Labute approximate surface area is 90.7 Å². The average molecular weight is 204 g/mol. The van der Waals surface area contributed by atoms with Gasteiger partial charge in [0.15, 0.2) is 6.19 Å².